The van der Waals surface area contributed by atoms with Crippen LogP contribution in [-0.4, -0.2) is 57.3 Å². The first-order valence-electron chi connectivity index (χ1n) is 10.3. The van der Waals surface area contributed by atoms with Gasteiger partial charge in [0.2, 0.25) is 0 Å². The fourth-order valence-electron chi connectivity index (χ4n) is 2.68. The van der Waals surface area contributed by atoms with Crippen LogP contribution in [0, 0.1) is 6.92 Å². The van der Waals surface area contributed by atoms with Crippen molar-refractivity contribution in [3.05, 3.63) is 29.3 Å². The highest BCUT2D eigenvalue weighted by atomic mass is 16.5. The van der Waals surface area contributed by atoms with E-state index < -0.39 is 0 Å². The summed E-state index contributed by atoms with van der Waals surface area (Å²) in [6.45, 7) is 7.35. The lowest BCUT2D eigenvalue weighted by molar-refractivity contribution is -0.135. The van der Waals surface area contributed by atoms with Crippen molar-refractivity contribution < 1.29 is 28.8 Å². The molecule has 0 aromatic heterocycles. The van der Waals surface area contributed by atoms with E-state index in [1.165, 1.54) is 5.56 Å². The van der Waals surface area contributed by atoms with E-state index in [-0.39, 0.29) is 19.0 Å². The van der Waals surface area contributed by atoms with E-state index in [4.69, 9.17) is 24.1 Å². The van der Waals surface area contributed by atoms with E-state index in [1.54, 1.807) is 0 Å². The molecule has 1 aromatic rings. The summed E-state index contributed by atoms with van der Waals surface area (Å²) in [6, 6.07) is 5.92. The Morgan fingerprint density at radius 2 is 1.61 bits per heavy atom. The Morgan fingerprint density at radius 3 is 2.29 bits per heavy atom. The summed E-state index contributed by atoms with van der Waals surface area (Å²) in [6.07, 6.45) is 5.11. The molecular weight excluding hydrogens is 360 g/mol. The normalized spacial score (nSPS) is 11.0. The minimum atomic E-state index is -0.252. The third-order valence-corrected chi connectivity index (χ3v) is 4.09. The van der Waals surface area contributed by atoms with Crippen LogP contribution in [0.2, 0.25) is 0 Å². The van der Waals surface area contributed by atoms with Gasteiger partial charge in [-0.25, -0.2) is 0 Å². The molecule has 0 aliphatic heterocycles. The number of unbranched alkanes of at least 4 members (excludes halogenated alkanes) is 2. The molecule has 0 atom stereocenters. The largest absolute Gasteiger partial charge is 0.426 e. The first-order valence-corrected chi connectivity index (χ1v) is 10.3. The number of hydrogen-bond acceptors (Lipinski definition) is 6. The van der Waals surface area contributed by atoms with Gasteiger partial charge in [-0.3, -0.25) is 4.79 Å². The number of carbonyl (C=O) groups is 1. The van der Waals surface area contributed by atoms with Crippen molar-refractivity contribution in [2.24, 2.45) is 0 Å². The molecule has 6 nitrogen and oxygen atoms in total. The van der Waals surface area contributed by atoms with Gasteiger partial charge < -0.3 is 24.1 Å². The van der Waals surface area contributed by atoms with E-state index in [2.05, 4.69) is 13.0 Å². The number of hydrogen-bond donors (Lipinski definition) is 1. The molecule has 6 heteroatoms. The highest BCUT2D eigenvalue weighted by molar-refractivity contribution is 5.72. The quantitative estimate of drug-likeness (QED) is 0.247. The van der Waals surface area contributed by atoms with Crippen LogP contribution in [0.15, 0.2) is 18.2 Å². The number of benzene rings is 1. The van der Waals surface area contributed by atoms with Gasteiger partial charge in [0.15, 0.2) is 0 Å². The number of aliphatic hydroxyl groups excluding tert-OH is 1. The zero-order chi connectivity index (χ0) is 20.5. The number of ether oxygens (including phenoxy) is 4. The highest BCUT2D eigenvalue weighted by Crippen LogP contribution is 2.22. The SMILES string of the molecule is CCCc1cc(C)ccc1OC(=O)CCOCCCCCOCCOCCO. The van der Waals surface area contributed by atoms with E-state index in [0.717, 1.165) is 37.7 Å². The summed E-state index contributed by atoms with van der Waals surface area (Å²) in [7, 11) is 0. The first-order chi connectivity index (χ1) is 13.7. The molecule has 0 aliphatic rings. The van der Waals surface area contributed by atoms with Crippen LogP contribution in [0.25, 0.3) is 0 Å². The number of aryl methyl sites for hydroxylation is 2. The Hall–Kier alpha value is -1.47. The molecule has 1 rings (SSSR count). The lowest BCUT2D eigenvalue weighted by Crippen LogP contribution is -2.13. The minimum Gasteiger partial charge on any atom is -0.426 e. The van der Waals surface area contributed by atoms with Crippen LogP contribution in [0.1, 0.15) is 50.2 Å². The fourth-order valence-corrected chi connectivity index (χ4v) is 2.68. The Bertz CT molecular complexity index is 532. The van der Waals surface area contributed by atoms with Crippen LogP contribution >= 0.6 is 0 Å². The molecule has 0 saturated carbocycles. The van der Waals surface area contributed by atoms with Crippen LogP contribution in [0.5, 0.6) is 5.75 Å². The Balaban J connectivity index is 2.01. The predicted molar refractivity (Wildman–Crippen MR) is 109 cm³/mol. The summed E-state index contributed by atoms with van der Waals surface area (Å²) in [5.74, 6) is 0.414. The first kappa shape index (κ1) is 24.6. The average molecular weight is 397 g/mol. The van der Waals surface area contributed by atoms with Gasteiger partial charge in [-0.15, -0.1) is 0 Å². The summed E-state index contributed by atoms with van der Waals surface area (Å²) in [5, 5.41) is 8.56. The van der Waals surface area contributed by atoms with Gasteiger partial charge in [0.05, 0.1) is 39.5 Å². The number of carbonyl (C=O) groups excluding carboxylic acids is 1. The maximum absolute atomic E-state index is 12.0. The van der Waals surface area contributed by atoms with Gasteiger partial charge in [-0.05, 0) is 44.2 Å². The minimum absolute atomic E-state index is 0.0452. The van der Waals surface area contributed by atoms with Gasteiger partial charge in [0.25, 0.3) is 0 Å². The van der Waals surface area contributed by atoms with Gasteiger partial charge in [0, 0.05) is 13.2 Å². The molecule has 0 amide bonds. The van der Waals surface area contributed by atoms with Crippen LogP contribution in [-0.2, 0) is 25.4 Å². The van der Waals surface area contributed by atoms with E-state index in [0.29, 0.717) is 45.4 Å². The van der Waals surface area contributed by atoms with Crippen LogP contribution in [0.3, 0.4) is 0 Å². The molecule has 1 N–H and O–H groups in total. The summed E-state index contributed by atoms with van der Waals surface area (Å²) >= 11 is 0. The molecule has 0 spiro atoms. The monoisotopic (exact) mass is 396 g/mol. The fraction of sp³-hybridized carbons (Fsp3) is 0.682. The van der Waals surface area contributed by atoms with Crippen molar-refractivity contribution >= 4 is 5.97 Å². The predicted octanol–water partition coefficient (Wildman–Crippen LogP) is 3.46. The maximum Gasteiger partial charge on any atom is 0.313 e. The molecule has 0 fully saturated rings. The van der Waals surface area contributed by atoms with Gasteiger partial charge >= 0.3 is 5.97 Å². The third kappa shape index (κ3) is 12.1. The highest BCUT2D eigenvalue weighted by Gasteiger charge is 2.09. The van der Waals surface area contributed by atoms with Crippen molar-refractivity contribution in [2.75, 3.05) is 46.2 Å². The lowest BCUT2D eigenvalue weighted by atomic mass is 10.1. The molecule has 0 radical (unpaired) electrons. The van der Waals surface area contributed by atoms with Crippen molar-refractivity contribution in [2.45, 2.75) is 52.4 Å². The Labute approximate surface area is 169 Å². The molecule has 1 aromatic carbocycles. The zero-order valence-corrected chi connectivity index (χ0v) is 17.4. The van der Waals surface area contributed by atoms with E-state index >= 15 is 0 Å². The number of rotatable bonds is 17. The second kappa shape index (κ2) is 16.5. The molecule has 160 valence electrons. The molecular formula is C22H36O6. The second-order valence-corrected chi connectivity index (χ2v) is 6.71. The third-order valence-electron chi connectivity index (χ3n) is 4.09. The lowest BCUT2D eigenvalue weighted by Gasteiger charge is -2.11. The maximum atomic E-state index is 12.0. The van der Waals surface area contributed by atoms with Crippen LogP contribution in [0.4, 0.5) is 0 Å². The summed E-state index contributed by atoms with van der Waals surface area (Å²) in [4.78, 5) is 12.0. The van der Waals surface area contributed by atoms with Gasteiger partial charge in [-0.1, -0.05) is 31.0 Å². The van der Waals surface area contributed by atoms with Crippen molar-refractivity contribution in [3.63, 3.8) is 0 Å². The van der Waals surface area contributed by atoms with E-state index in [9.17, 15) is 4.79 Å². The van der Waals surface area contributed by atoms with Crippen molar-refractivity contribution in [1.29, 1.82) is 0 Å². The van der Waals surface area contributed by atoms with E-state index in [1.807, 2.05) is 19.1 Å². The molecule has 0 unspecified atom stereocenters. The Morgan fingerprint density at radius 1 is 0.929 bits per heavy atom. The molecule has 0 saturated heterocycles. The van der Waals surface area contributed by atoms with Gasteiger partial charge in [-0.2, -0.15) is 0 Å². The standard InChI is InChI=1S/C22H36O6/c1-3-7-20-18-19(2)8-9-21(20)28-22(24)10-14-25-12-5-4-6-13-26-16-17-27-15-11-23/h8-9,18,23H,3-7,10-17H2,1-2H3. The Kier molecular flexibility index (Phi) is 14.5. The molecule has 0 aliphatic carbocycles. The average Bonchev–Trinajstić information content (AvgIpc) is 2.68. The zero-order valence-electron chi connectivity index (χ0n) is 17.4. The van der Waals surface area contributed by atoms with Crippen molar-refractivity contribution in [3.8, 4) is 5.75 Å². The van der Waals surface area contributed by atoms with Gasteiger partial charge in [0.1, 0.15) is 5.75 Å². The van der Waals surface area contributed by atoms with Crippen LogP contribution < -0.4 is 4.74 Å². The second-order valence-electron chi connectivity index (χ2n) is 6.71. The number of esters is 1. The van der Waals surface area contributed by atoms with Crippen molar-refractivity contribution in [1.82, 2.24) is 0 Å². The number of aliphatic hydroxyl groups is 1. The molecule has 28 heavy (non-hydrogen) atoms. The summed E-state index contributed by atoms with van der Waals surface area (Å²) < 4.78 is 21.6. The molecule has 0 bridgehead atoms. The topological polar surface area (TPSA) is 74.2 Å². The smallest absolute Gasteiger partial charge is 0.313 e. The molecule has 0 heterocycles. The summed E-state index contributed by atoms with van der Waals surface area (Å²) in [5.41, 5.74) is 2.26.